The highest BCUT2D eigenvalue weighted by Gasteiger charge is 2.19. The summed E-state index contributed by atoms with van der Waals surface area (Å²) in [4.78, 5) is 1.05. The average Bonchev–Trinajstić information content (AvgIpc) is 2.77. The van der Waals surface area contributed by atoms with Crippen molar-refractivity contribution in [2.75, 3.05) is 7.05 Å². The van der Waals surface area contributed by atoms with Crippen molar-refractivity contribution in [3.63, 3.8) is 0 Å². The fourth-order valence-electron chi connectivity index (χ4n) is 1.67. The van der Waals surface area contributed by atoms with Gasteiger partial charge >= 0.3 is 0 Å². The van der Waals surface area contributed by atoms with Crippen molar-refractivity contribution in [3.05, 3.63) is 57.0 Å². The van der Waals surface area contributed by atoms with Crippen molar-refractivity contribution < 1.29 is 4.39 Å². The molecule has 0 saturated heterocycles. The van der Waals surface area contributed by atoms with Crippen molar-refractivity contribution in [2.45, 2.75) is 6.04 Å². The Labute approximate surface area is 103 Å². The van der Waals surface area contributed by atoms with E-state index in [2.05, 4.69) is 5.32 Å². The largest absolute Gasteiger partial charge is 0.309 e. The Balaban J connectivity index is 2.49. The molecule has 2 aromatic rings. The maximum absolute atomic E-state index is 13.8. The van der Waals surface area contributed by atoms with Crippen LogP contribution in [-0.4, -0.2) is 7.05 Å². The summed E-state index contributed by atoms with van der Waals surface area (Å²) in [7, 11) is 1.80. The molecule has 1 nitrogen and oxygen atoms in total. The maximum Gasteiger partial charge on any atom is 0.129 e. The van der Waals surface area contributed by atoms with Crippen molar-refractivity contribution >= 4 is 22.9 Å². The van der Waals surface area contributed by atoms with Crippen LogP contribution in [0.1, 0.15) is 16.5 Å². The zero-order valence-electron chi connectivity index (χ0n) is 8.71. The summed E-state index contributed by atoms with van der Waals surface area (Å²) in [6, 6.07) is 8.47. The Morgan fingerprint density at radius 3 is 2.69 bits per heavy atom. The maximum atomic E-state index is 13.8. The lowest BCUT2D eigenvalue weighted by Gasteiger charge is -2.17. The fourth-order valence-corrected chi connectivity index (χ4v) is 2.79. The van der Waals surface area contributed by atoms with Crippen molar-refractivity contribution in [2.24, 2.45) is 0 Å². The molecule has 0 saturated carbocycles. The van der Waals surface area contributed by atoms with Gasteiger partial charge in [0.15, 0.2) is 0 Å². The Morgan fingerprint density at radius 2 is 2.12 bits per heavy atom. The fraction of sp³-hybridized carbons (Fsp3) is 0.167. The molecule has 0 fully saturated rings. The van der Waals surface area contributed by atoms with Gasteiger partial charge in [-0.3, -0.25) is 0 Å². The summed E-state index contributed by atoms with van der Waals surface area (Å²) in [5.74, 6) is -0.278. The first kappa shape index (κ1) is 11.6. The monoisotopic (exact) mass is 255 g/mol. The first-order valence-corrected chi connectivity index (χ1v) is 6.14. The van der Waals surface area contributed by atoms with Gasteiger partial charge in [-0.25, -0.2) is 4.39 Å². The first-order chi connectivity index (χ1) is 7.74. The van der Waals surface area contributed by atoms with E-state index in [4.69, 9.17) is 11.6 Å². The molecular formula is C12H11ClFNS. The van der Waals surface area contributed by atoms with Crippen molar-refractivity contribution in [3.8, 4) is 0 Å². The highest BCUT2D eigenvalue weighted by atomic mass is 35.5. The van der Waals surface area contributed by atoms with Gasteiger partial charge in [0.25, 0.3) is 0 Å². The lowest BCUT2D eigenvalue weighted by Crippen LogP contribution is -2.18. The Kier molecular flexibility index (Phi) is 3.59. The van der Waals surface area contributed by atoms with Crippen LogP contribution in [0.25, 0.3) is 0 Å². The topological polar surface area (TPSA) is 12.0 Å². The van der Waals surface area contributed by atoms with Gasteiger partial charge in [0.1, 0.15) is 5.82 Å². The molecule has 16 heavy (non-hydrogen) atoms. The molecule has 0 aliphatic rings. The number of benzene rings is 1. The van der Waals surface area contributed by atoms with Gasteiger partial charge in [0.05, 0.1) is 6.04 Å². The molecule has 0 bridgehead atoms. The Hall–Kier alpha value is -0.900. The van der Waals surface area contributed by atoms with Gasteiger partial charge in [-0.15, -0.1) is 11.3 Å². The van der Waals surface area contributed by atoms with Crippen LogP contribution < -0.4 is 5.32 Å². The van der Waals surface area contributed by atoms with Crippen LogP contribution in [0.5, 0.6) is 0 Å². The minimum absolute atomic E-state index is 0.186. The van der Waals surface area contributed by atoms with Crippen LogP contribution in [0.15, 0.2) is 35.7 Å². The van der Waals surface area contributed by atoms with E-state index in [0.29, 0.717) is 10.6 Å². The predicted molar refractivity (Wildman–Crippen MR) is 66.6 cm³/mol. The van der Waals surface area contributed by atoms with E-state index in [1.807, 2.05) is 17.5 Å². The second-order valence-electron chi connectivity index (χ2n) is 3.37. The summed E-state index contributed by atoms with van der Waals surface area (Å²) in [6.45, 7) is 0. The second-order valence-corrected chi connectivity index (χ2v) is 4.76. The zero-order chi connectivity index (χ0) is 11.5. The molecule has 84 valence electrons. The smallest absolute Gasteiger partial charge is 0.129 e. The van der Waals surface area contributed by atoms with Gasteiger partial charge in [-0.2, -0.15) is 0 Å². The lowest BCUT2D eigenvalue weighted by atomic mass is 10.0. The number of hydrogen-bond acceptors (Lipinski definition) is 2. The standard InChI is InChI=1S/C12H11ClFNS/c1-15-12(10-6-3-7-16-10)11-8(13)4-2-5-9(11)14/h2-7,12,15H,1H3. The molecule has 0 spiro atoms. The molecule has 4 heteroatoms. The van der Waals surface area contributed by atoms with Gasteiger partial charge in [0.2, 0.25) is 0 Å². The zero-order valence-corrected chi connectivity index (χ0v) is 10.3. The van der Waals surface area contributed by atoms with E-state index in [1.165, 1.54) is 6.07 Å². The van der Waals surface area contributed by atoms with Crippen LogP contribution in [0, 0.1) is 5.82 Å². The van der Waals surface area contributed by atoms with Gasteiger partial charge in [0, 0.05) is 15.5 Å². The molecule has 0 aliphatic heterocycles. The van der Waals surface area contributed by atoms with Gasteiger partial charge < -0.3 is 5.32 Å². The van der Waals surface area contributed by atoms with Crippen molar-refractivity contribution in [1.82, 2.24) is 5.32 Å². The average molecular weight is 256 g/mol. The summed E-state index contributed by atoms with van der Waals surface area (Å²) in [5.41, 5.74) is 0.508. The second kappa shape index (κ2) is 4.95. The van der Waals surface area contributed by atoms with Crippen LogP contribution in [0.4, 0.5) is 4.39 Å². The third-order valence-corrected chi connectivity index (χ3v) is 3.67. The molecule has 2 rings (SSSR count). The van der Waals surface area contributed by atoms with Crippen LogP contribution >= 0.6 is 22.9 Å². The molecule has 1 N–H and O–H groups in total. The van der Waals surface area contributed by atoms with E-state index in [-0.39, 0.29) is 11.9 Å². The summed E-state index contributed by atoms with van der Waals surface area (Å²) >= 11 is 7.62. The number of nitrogens with one attached hydrogen (secondary N) is 1. The molecule has 0 aliphatic carbocycles. The highest BCUT2D eigenvalue weighted by Crippen LogP contribution is 2.32. The van der Waals surface area contributed by atoms with Gasteiger partial charge in [-0.1, -0.05) is 23.7 Å². The number of thiophene rings is 1. The lowest BCUT2D eigenvalue weighted by molar-refractivity contribution is 0.579. The molecule has 1 aromatic carbocycles. The molecule has 1 atom stereocenters. The third-order valence-electron chi connectivity index (χ3n) is 2.40. The molecule has 1 aromatic heterocycles. The van der Waals surface area contributed by atoms with E-state index in [9.17, 15) is 4.39 Å². The summed E-state index contributed by atoms with van der Waals surface area (Å²) in [5, 5.41) is 5.51. The molecule has 0 amide bonds. The molecule has 1 heterocycles. The molecule has 1 unspecified atom stereocenters. The predicted octanol–water partition coefficient (Wildman–Crippen LogP) is 3.85. The first-order valence-electron chi connectivity index (χ1n) is 4.88. The molecular weight excluding hydrogens is 245 g/mol. The van der Waals surface area contributed by atoms with Gasteiger partial charge in [-0.05, 0) is 30.6 Å². The highest BCUT2D eigenvalue weighted by molar-refractivity contribution is 7.10. The normalized spacial score (nSPS) is 12.7. The molecule has 0 radical (unpaired) electrons. The van der Waals surface area contributed by atoms with Crippen molar-refractivity contribution in [1.29, 1.82) is 0 Å². The number of rotatable bonds is 3. The Morgan fingerprint density at radius 1 is 1.31 bits per heavy atom. The van der Waals surface area contributed by atoms with E-state index >= 15 is 0 Å². The van der Waals surface area contributed by atoms with E-state index < -0.39 is 0 Å². The quantitative estimate of drug-likeness (QED) is 0.879. The Bertz CT molecular complexity index is 450. The van der Waals surface area contributed by atoms with E-state index in [0.717, 1.165) is 4.88 Å². The third kappa shape index (κ3) is 2.12. The van der Waals surface area contributed by atoms with Crippen LogP contribution in [0.3, 0.4) is 0 Å². The van der Waals surface area contributed by atoms with Crippen LogP contribution in [-0.2, 0) is 0 Å². The summed E-state index contributed by atoms with van der Waals surface area (Å²) in [6.07, 6.45) is 0. The summed E-state index contributed by atoms with van der Waals surface area (Å²) < 4.78 is 13.8. The minimum atomic E-state index is -0.278. The van der Waals surface area contributed by atoms with Crippen LogP contribution in [0.2, 0.25) is 5.02 Å². The number of hydrogen-bond donors (Lipinski definition) is 1. The SMILES string of the molecule is CNC(c1cccs1)c1c(F)cccc1Cl. The minimum Gasteiger partial charge on any atom is -0.309 e. The number of halogens is 2. The van der Waals surface area contributed by atoms with E-state index in [1.54, 1.807) is 30.5 Å².